The SMILES string of the molecule is CCCCCC(C)(C)CN1CC(=O)NC(C(C)CC)C1=O. The Hall–Kier alpha value is -1.06. The minimum atomic E-state index is -0.345. The Labute approximate surface area is 129 Å². The van der Waals surface area contributed by atoms with Crippen LogP contribution in [0.3, 0.4) is 0 Å². The van der Waals surface area contributed by atoms with Crippen LogP contribution < -0.4 is 5.32 Å². The van der Waals surface area contributed by atoms with Crippen molar-refractivity contribution in [2.45, 2.75) is 72.8 Å². The number of carbonyl (C=O) groups excluding carboxylic acids is 2. The lowest BCUT2D eigenvalue weighted by Gasteiger charge is -2.39. The molecule has 2 amide bonds. The minimum Gasteiger partial charge on any atom is -0.342 e. The summed E-state index contributed by atoms with van der Waals surface area (Å²) in [6.45, 7) is 11.6. The summed E-state index contributed by atoms with van der Waals surface area (Å²) in [6, 6.07) is -0.345. The quantitative estimate of drug-likeness (QED) is 0.700. The summed E-state index contributed by atoms with van der Waals surface area (Å²) in [4.78, 5) is 26.2. The van der Waals surface area contributed by atoms with E-state index in [1.54, 1.807) is 4.90 Å². The van der Waals surface area contributed by atoms with Crippen LogP contribution in [0.2, 0.25) is 0 Å². The van der Waals surface area contributed by atoms with Crippen molar-refractivity contribution in [3.8, 4) is 0 Å². The maximum atomic E-state index is 12.6. The van der Waals surface area contributed by atoms with Crippen LogP contribution in [-0.4, -0.2) is 35.8 Å². The van der Waals surface area contributed by atoms with Crippen LogP contribution in [0.5, 0.6) is 0 Å². The monoisotopic (exact) mass is 296 g/mol. The van der Waals surface area contributed by atoms with Gasteiger partial charge >= 0.3 is 0 Å². The van der Waals surface area contributed by atoms with E-state index in [-0.39, 0.29) is 35.7 Å². The maximum absolute atomic E-state index is 12.6. The molecule has 0 aromatic rings. The topological polar surface area (TPSA) is 49.4 Å². The van der Waals surface area contributed by atoms with Crippen molar-refractivity contribution >= 4 is 11.8 Å². The van der Waals surface area contributed by atoms with E-state index in [2.05, 4.69) is 33.0 Å². The highest BCUT2D eigenvalue weighted by Gasteiger charge is 2.37. The Morgan fingerprint density at radius 1 is 1.29 bits per heavy atom. The molecule has 1 fully saturated rings. The van der Waals surface area contributed by atoms with Crippen LogP contribution in [0.25, 0.3) is 0 Å². The first-order valence-electron chi connectivity index (χ1n) is 8.39. The van der Waals surface area contributed by atoms with Gasteiger partial charge in [-0.3, -0.25) is 9.59 Å². The minimum absolute atomic E-state index is 0.0238. The van der Waals surface area contributed by atoms with E-state index < -0.39 is 0 Å². The van der Waals surface area contributed by atoms with Gasteiger partial charge in [-0.25, -0.2) is 0 Å². The molecule has 1 aliphatic heterocycles. The van der Waals surface area contributed by atoms with Gasteiger partial charge in [-0.05, 0) is 17.8 Å². The molecule has 0 aromatic carbocycles. The van der Waals surface area contributed by atoms with E-state index in [1.807, 2.05) is 6.92 Å². The fourth-order valence-corrected chi connectivity index (χ4v) is 2.93. The van der Waals surface area contributed by atoms with Crippen molar-refractivity contribution in [2.75, 3.05) is 13.1 Å². The lowest BCUT2D eigenvalue weighted by atomic mass is 9.85. The van der Waals surface area contributed by atoms with Crippen LogP contribution in [0.4, 0.5) is 0 Å². The van der Waals surface area contributed by atoms with E-state index in [1.165, 1.54) is 19.3 Å². The third-order valence-electron chi connectivity index (χ3n) is 4.52. The molecule has 0 bridgehead atoms. The van der Waals surface area contributed by atoms with Gasteiger partial charge in [0.05, 0.1) is 6.54 Å². The number of unbranched alkanes of at least 4 members (excludes halogenated alkanes) is 2. The van der Waals surface area contributed by atoms with Gasteiger partial charge in [-0.2, -0.15) is 0 Å². The van der Waals surface area contributed by atoms with Crippen LogP contribution >= 0.6 is 0 Å². The molecule has 1 saturated heterocycles. The summed E-state index contributed by atoms with van der Waals surface area (Å²) in [6.07, 6.45) is 5.61. The first kappa shape index (κ1) is 18.0. The summed E-state index contributed by atoms with van der Waals surface area (Å²) in [7, 11) is 0. The van der Waals surface area contributed by atoms with Crippen LogP contribution in [0.15, 0.2) is 0 Å². The summed E-state index contributed by atoms with van der Waals surface area (Å²) >= 11 is 0. The summed E-state index contributed by atoms with van der Waals surface area (Å²) in [5.74, 6) is 0.254. The average Bonchev–Trinajstić information content (AvgIpc) is 2.41. The fraction of sp³-hybridized carbons (Fsp3) is 0.882. The standard InChI is InChI=1S/C17H32N2O2/c1-6-8-9-10-17(4,5)12-19-11-14(20)18-15(16(19)21)13(3)7-2/h13,15H,6-12H2,1-5H3,(H,18,20). The lowest BCUT2D eigenvalue weighted by molar-refractivity contribution is -0.147. The molecule has 2 atom stereocenters. The predicted molar refractivity (Wildman–Crippen MR) is 85.9 cm³/mol. The van der Waals surface area contributed by atoms with Gasteiger partial charge in [0.25, 0.3) is 0 Å². The number of nitrogens with zero attached hydrogens (tertiary/aromatic N) is 1. The third kappa shape index (κ3) is 5.33. The Balaban J connectivity index is 2.67. The fourth-order valence-electron chi connectivity index (χ4n) is 2.93. The zero-order valence-electron chi connectivity index (χ0n) is 14.4. The number of amides is 2. The molecular formula is C17H32N2O2. The van der Waals surface area contributed by atoms with Crippen LogP contribution in [0, 0.1) is 11.3 Å². The van der Waals surface area contributed by atoms with Gasteiger partial charge in [0, 0.05) is 6.54 Å². The van der Waals surface area contributed by atoms with E-state index in [0.717, 1.165) is 12.8 Å². The van der Waals surface area contributed by atoms with Gasteiger partial charge in [0.2, 0.25) is 11.8 Å². The second-order valence-corrected chi connectivity index (χ2v) is 7.25. The van der Waals surface area contributed by atoms with Crippen molar-refractivity contribution in [2.24, 2.45) is 11.3 Å². The number of rotatable bonds is 8. The van der Waals surface area contributed by atoms with Crippen molar-refractivity contribution < 1.29 is 9.59 Å². The molecule has 1 heterocycles. The Morgan fingerprint density at radius 3 is 2.52 bits per heavy atom. The number of piperazine rings is 1. The molecule has 0 spiro atoms. The summed E-state index contributed by atoms with van der Waals surface area (Å²) < 4.78 is 0. The molecule has 0 saturated carbocycles. The molecule has 1 aliphatic rings. The molecule has 1 N–H and O–H groups in total. The van der Waals surface area contributed by atoms with E-state index >= 15 is 0 Å². The third-order valence-corrected chi connectivity index (χ3v) is 4.52. The van der Waals surface area contributed by atoms with E-state index in [0.29, 0.717) is 6.54 Å². The zero-order chi connectivity index (χ0) is 16.0. The van der Waals surface area contributed by atoms with Crippen molar-refractivity contribution in [3.05, 3.63) is 0 Å². The molecule has 1 rings (SSSR count). The van der Waals surface area contributed by atoms with Gasteiger partial charge < -0.3 is 10.2 Å². The van der Waals surface area contributed by atoms with E-state index in [9.17, 15) is 9.59 Å². The summed E-state index contributed by atoms with van der Waals surface area (Å²) in [5, 5.41) is 2.85. The largest absolute Gasteiger partial charge is 0.342 e. The van der Waals surface area contributed by atoms with Crippen molar-refractivity contribution in [1.29, 1.82) is 0 Å². The molecule has 4 nitrogen and oxygen atoms in total. The molecule has 0 aromatic heterocycles. The van der Waals surface area contributed by atoms with Gasteiger partial charge in [-0.1, -0.05) is 60.3 Å². The molecule has 21 heavy (non-hydrogen) atoms. The highest BCUT2D eigenvalue weighted by Crippen LogP contribution is 2.26. The predicted octanol–water partition coefficient (Wildman–Crippen LogP) is 2.97. The molecule has 0 aliphatic carbocycles. The second-order valence-electron chi connectivity index (χ2n) is 7.25. The molecule has 2 unspecified atom stereocenters. The van der Waals surface area contributed by atoms with Crippen molar-refractivity contribution in [3.63, 3.8) is 0 Å². The number of carbonyl (C=O) groups is 2. The number of hydrogen-bond donors (Lipinski definition) is 1. The van der Waals surface area contributed by atoms with Gasteiger partial charge in [0.15, 0.2) is 0 Å². The van der Waals surface area contributed by atoms with Crippen molar-refractivity contribution in [1.82, 2.24) is 10.2 Å². The highest BCUT2D eigenvalue weighted by atomic mass is 16.2. The first-order valence-corrected chi connectivity index (χ1v) is 8.39. The molecule has 122 valence electrons. The maximum Gasteiger partial charge on any atom is 0.245 e. The molecular weight excluding hydrogens is 264 g/mol. The van der Waals surface area contributed by atoms with Crippen LogP contribution in [-0.2, 0) is 9.59 Å². The van der Waals surface area contributed by atoms with E-state index in [4.69, 9.17) is 0 Å². The van der Waals surface area contributed by atoms with Gasteiger partial charge in [0.1, 0.15) is 6.04 Å². The normalized spacial score (nSPS) is 21.4. The molecule has 0 radical (unpaired) electrons. The Bertz CT molecular complexity index is 366. The number of hydrogen-bond acceptors (Lipinski definition) is 2. The lowest BCUT2D eigenvalue weighted by Crippen LogP contribution is -2.61. The second kappa shape index (κ2) is 7.81. The first-order chi connectivity index (χ1) is 9.80. The average molecular weight is 296 g/mol. The Kier molecular flexibility index (Phi) is 6.69. The highest BCUT2D eigenvalue weighted by molar-refractivity contribution is 5.95. The van der Waals surface area contributed by atoms with Crippen LogP contribution in [0.1, 0.15) is 66.7 Å². The van der Waals surface area contributed by atoms with Gasteiger partial charge in [-0.15, -0.1) is 0 Å². The number of nitrogens with one attached hydrogen (secondary N) is 1. The molecule has 4 heteroatoms. The smallest absolute Gasteiger partial charge is 0.245 e. The summed E-state index contributed by atoms with van der Waals surface area (Å²) in [5.41, 5.74) is 0.0719. The Morgan fingerprint density at radius 2 is 1.95 bits per heavy atom. The zero-order valence-corrected chi connectivity index (χ0v) is 14.4.